The molecule has 0 N–H and O–H groups in total. The van der Waals surface area contributed by atoms with E-state index in [4.69, 9.17) is 5.53 Å². The van der Waals surface area contributed by atoms with Crippen molar-refractivity contribution < 1.29 is 128 Å². The molecule has 0 bridgehead atoms. The predicted octanol–water partition coefficient (Wildman–Crippen LogP) is -6.99. The van der Waals surface area contributed by atoms with Gasteiger partial charge in [0.25, 0.3) is 0 Å². The summed E-state index contributed by atoms with van der Waals surface area (Å²) in [5.74, 6) is -5.98. The molecule has 0 radical (unpaired) electrons. The Kier molecular flexibility index (Phi) is 21.0. The number of hydrogen-bond donors (Lipinski definition) is 0. The number of aliphatic carboxylic acids is 2. The zero-order valence-electron chi connectivity index (χ0n) is 21.7. The van der Waals surface area contributed by atoms with E-state index in [1.807, 2.05) is 0 Å². The van der Waals surface area contributed by atoms with Crippen molar-refractivity contribution in [2.45, 2.75) is 31.1 Å². The van der Waals surface area contributed by atoms with Crippen LogP contribution >= 0.6 is 12.0 Å². The first-order valence-electron chi connectivity index (χ1n) is 10.2. The molecule has 0 heterocycles. The first kappa shape index (κ1) is 39.5. The minimum absolute atomic E-state index is 0. The van der Waals surface area contributed by atoms with Crippen LogP contribution in [0.2, 0.25) is 0 Å². The van der Waals surface area contributed by atoms with Crippen LogP contribution in [0.1, 0.15) is 47.7 Å². The van der Waals surface area contributed by atoms with Crippen molar-refractivity contribution in [3.8, 4) is 0 Å². The average molecular weight is 567 g/mol. The van der Waals surface area contributed by atoms with Gasteiger partial charge in [0.2, 0.25) is 0 Å². The first-order valence-corrected chi connectivity index (χ1v) is 11.0. The topological polar surface area (TPSA) is 188 Å². The molecule has 0 fully saturated rings. The van der Waals surface area contributed by atoms with E-state index in [-0.39, 0.29) is 112 Å². The summed E-state index contributed by atoms with van der Waals surface area (Å²) in [4.78, 5) is 38.1. The third kappa shape index (κ3) is 12.2. The Morgan fingerprint density at radius 2 is 1.68 bits per heavy atom. The fraction of sp³-hybridized carbons (Fsp3) is 0.261. The first-order chi connectivity index (χ1) is 16.7. The zero-order valence-corrected chi connectivity index (χ0v) is 28.5. The Bertz CT molecular complexity index is 1160. The van der Waals surface area contributed by atoms with E-state index in [9.17, 15) is 29.9 Å². The van der Waals surface area contributed by atoms with Crippen LogP contribution in [0.4, 0.5) is 5.69 Å². The molecule has 2 aromatic rings. The van der Waals surface area contributed by atoms with Gasteiger partial charge in [0.1, 0.15) is 0 Å². The Balaban J connectivity index is 0. The van der Waals surface area contributed by atoms with Gasteiger partial charge in [-0.05, 0) is 47.2 Å². The van der Waals surface area contributed by atoms with Gasteiger partial charge in [0.05, 0.1) is 12.0 Å². The molecule has 3 unspecified atom stereocenters. The summed E-state index contributed by atoms with van der Waals surface area (Å²) in [7, 11) is 0. The summed E-state index contributed by atoms with van der Waals surface area (Å²) in [5, 5.41) is 39.4. The van der Waals surface area contributed by atoms with Crippen LogP contribution in [0.5, 0.6) is 0 Å². The number of carbonyl (C=O) groups is 3. The summed E-state index contributed by atoms with van der Waals surface area (Å²) in [6.45, 7) is 3.02. The van der Waals surface area contributed by atoms with Crippen LogP contribution in [0, 0.1) is 11.8 Å². The van der Waals surface area contributed by atoms with E-state index in [1.54, 1.807) is 37.3 Å². The number of allylic oxidation sites excluding steroid dienone is 1. The number of carboxylic acids is 2. The summed E-state index contributed by atoms with van der Waals surface area (Å²) in [6.07, 6.45) is 2.82. The van der Waals surface area contributed by atoms with E-state index in [2.05, 4.69) is 19.4 Å². The number of carboxylic acid groups (broad SMARTS) is 2. The van der Waals surface area contributed by atoms with E-state index in [0.717, 1.165) is 5.56 Å². The van der Waals surface area contributed by atoms with Crippen LogP contribution in [-0.4, -0.2) is 17.7 Å². The van der Waals surface area contributed by atoms with Gasteiger partial charge in [-0.3, -0.25) is 9.83 Å². The summed E-state index contributed by atoms with van der Waals surface area (Å²) < 4.78 is 4.32. The molecule has 0 saturated heterocycles. The summed E-state index contributed by atoms with van der Waals surface area (Å²) in [6, 6.07) is 11.0. The van der Waals surface area contributed by atoms with E-state index in [1.165, 1.54) is 31.2 Å². The van der Waals surface area contributed by atoms with Gasteiger partial charge in [-0.1, -0.05) is 55.4 Å². The predicted molar refractivity (Wildman–Crippen MR) is 119 cm³/mol. The van der Waals surface area contributed by atoms with Gasteiger partial charge >= 0.3 is 88.7 Å². The van der Waals surface area contributed by atoms with Crippen LogP contribution < -0.4 is 104 Å². The Hall–Kier alpha value is -0.670. The molecule has 2 aromatic carbocycles. The summed E-state index contributed by atoms with van der Waals surface area (Å²) >= 11 is 0.583. The third-order valence-electron chi connectivity index (χ3n) is 5.37. The maximum atomic E-state index is 12.6. The maximum absolute atomic E-state index is 12.6. The van der Waals surface area contributed by atoms with Crippen LogP contribution in [0.3, 0.4) is 0 Å². The number of nitrogens with zero attached hydrogens (tertiary/aromatic N) is 3. The van der Waals surface area contributed by atoms with Crippen molar-refractivity contribution >= 4 is 41.5 Å². The minimum Gasteiger partial charge on any atom is -0.691 e. The zero-order chi connectivity index (χ0) is 26.0. The number of carbonyl (C=O) groups excluding carboxylic acids is 3. The number of benzene rings is 2. The second kappa shape index (κ2) is 20.2. The van der Waals surface area contributed by atoms with Gasteiger partial charge < -0.3 is 25.1 Å². The molecule has 0 aliphatic carbocycles. The van der Waals surface area contributed by atoms with Crippen LogP contribution in [-0.2, 0) is 19.0 Å². The van der Waals surface area contributed by atoms with E-state index in [0.29, 0.717) is 28.1 Å². The van der Waals surface area contributed by atoms with E-state index >= 15 is 0 Å². The molecule has 0 amide bonds. The number of rotatable bonds is 13. The molecule has 15 heteroatoms. The fourth-order valence-corrected chi connectivity index (χ4v) is 3.82. The Morgan fingerprint density at radius 1 is 1.05 bits per heavy atom. The normalized spacial score (nSPS) is 12.5. The van der Waals surface area contributed by atoms with Gasteiger partial charge in [0.15, 0.2) is 5.78 Å². The van der Waals surface area contributed by atoms with Crippen molar-refractivity contribution in [1.29, 1.82) is 0 Å². The maximum Gasteiger partial charge on any atom is 1.00 e. The molecule has 0 saturated carbocycles. The molecular weight excluding hydrogens is 547 g/mol. The molecule has 0 aliphatic heterocycles. The fourth-order valence-electron chi connectivity index (χ4n) is 3.32. The molecule has 3 atom stereocenters. The smallest absolute Gasteiger partial charge is 0.691 e. The van der Waals surface area contributed by atoms with Crippen molar-refractivity contribution in [2.24, 2.45) is 17.0 Å². The standard InChI is InChI=1S/C23H23N3O8S.3Na/c1-13(11-19(23(30)31)14(2)22(28)29)15-3-5-16(6-4-15)20(27)10-8-17-7-9-18(25-26-24)12-21(17)35-34-33-32;;;/h3-10,12-14,19,32H,11H2,1-2H3,(H,28,29)(H,30,31);;;/q;3*+1/p-3. The SMILES string of the molecule is CC(CC(C(=O)[O-])C(C)C(=O)[O-])c1ccc(C(=O)C=Cc2ccc(N=[N+]=[N-])cc2SOO[O-])cc1.[Na+].[Na+].[Na+]. The van der Waals surface area contributed by atoms with Gasteiger partial charge in [-0.15, -0.1) is 0 Å². The van der Waals surface area contributed by atoms with Crippen LogP contribution in [0.25, 0.3) is 16.5 Å². The molecular formula is C23H20N3Na3O8S. The number of azide groups is 1. The Morgan fingerprint density at radius 3 is 2.21 bits per heavy atom. The quantitative estimate of drug-likeness (QED) is 0.0261. The van der Waals surface area contributed by atoms with Crippen LogP contribution in [0.15, 0.2) is 58.6 Å². The molecule has 2 rings (SSSR count). The van der Waals surface area contributed by atoms with Gasteiger partial charge in [-0.2, -0.15) is 4.33 Å². The number of hydrogen-bond acceptors (Lipinski definition) is 10. The van der Waals surface area contributed by atoms with Crippen molar-refractivity contribution in [1.82, 2.24) is 0 Å². The molecule has 38 heavy (non-hydrogen) atoms. The average Bonchev–Trinajstić information content (AvgIpc) is 2.84. The van der Waals surface area contributed by atoms with Gasteiger partial charge in [0, 0.05) is 44.8 Å². The van der Waals surface area contributed by atoms with Crippen molar-refractivity contribution in [3.05, 3.63) is 75.7 Å². The monoisotopic (exact) mass is 567 g/mol. The summed E-state index contributed by atoms with van der Waals surface area (Å²) in [5.41, 5.74) is 10.4. The molecule has 0 aliphatic rings. The Labute approximate surface area is 289 Å². The van der Waals surface area contributed by atoms with Crippen molar-refractivity contribution in [3.63, 3.8) is 0 Å². The molecule has 0 spiro atoms. The molecule has 11 nitrogen and oxygen atoms in total. The second-order valence-electron chi connectivity index (χ2n) is 7.62. The molecule has 0 aromatic heterocycles. The number of ketones is 1. The largest absolute Gasteiger partial charge is 1.00 e. The third-order valence-corrected chi connectivity index (χ3v) is 6.03. The second-order valence-corrected chi connectivity index (χ2v) is 8.36. The van der Waals surface area contributed by atoms with Crippen molar-refractivity contribution in [2.75, 3.05) is 0 Å². The minimum atomic E-state index is -1.46. The van der Waals surface area contributed by atoms with Gasteiger partial charge in [-0.25, -0.2) is 0 Å². The molecule has 184 valence electrons. The van der Waals surface area contributed by atoms with E-state index < -0.39 is 23.8 Å².